The molecule has 2 rings (SSSR count). The lowest BCUT2D eigenvalue weighted by atomic mass is 9.94. The van der Waals surface area contributed by atoms with Crippen molar-refractivity contribution in [3.05, 3.63) is 0 Å². The molecule has 0 aromatic carbocycles. The number of carbonyl (C=O) groups is 1. The maximum Gasteiger partial charge on any atom is 0.408 e. The summed E-state index contributed by atoms with van der Waals surface area (Å²) in [5.41, 5.74) is -0.569. The predicted molar refractivity (Wildman–Crippen MR) is 75.5 cm³/mol. The van der Waals surface area contributed by atoms with Crippen molar-refractivity contribution >= 4 is 6.09 Å². The average Bonchev–Trinajstić information content (AvgIpc) is 2.67. The zero-order valence-corrected chi connectivity index (χ0v) is 12.5. The van der Waals surface area contributed by atoms with Gasteiger partial charge in [0.25, 0.3) is 0 Å². The van der Waals surface area contributed by atoms with Crippen LogP contribution in [0, 0.1) is 30.1 Å². The summed E-state index contributed by atoms with van der Waals surface area (Å²) in [6.45, 7) is 7.78. The molecule has 4 atom stereocenters. The third-order valence-corrected chi connectivity index (χ3v) is 4.31. The van der Waals surface area contributed by atoms with Crippen LogP contribution in [0.25, 0.3) is 0 Å². The molecule has 0 bridgehead atoms. The first kappa shape index (κ1) is 14.2. The van der Waals surface area contributed by atoms with E-state index >= 15 is 0 Å². The lowest BCUT2D eigenvalue weighted by molar-refractivity contribution is 0.0461. The van der Waals surface area contributed by atoms with Crippen LogP contribution in [0.5, 0.6) is 0 Å². The minimum absolute atomic E-state index is 0.128. The van der Waals surface area contributed by atoms with Crippen LogP contribution in [0.2, 0.25) is 0 Å². The molecule has 2 aliphatic carbocycles. The Balaban J connectivity index is 1.90. The third-order valence-electron chi connectivity index (χ3n) is 4.31. The van der Waals surface area contributed by atoms with Crippen LogP contribution in [0.3, 0.4) is 0 Å². The predicted octanol–water partition coefficient (Wildman–Crippen LogP) is 3.34. The minimum Gasteiger partial charge on any atom is -0.444 e. The molecule has 0 aliphatic heterocycles. The Bertz CT molecular complexity index is 388. The highest BCUT2D eigenvalue weighted by molar-refractivity contribution is 5.68. The molecule has 0 aromatic rings. The van der Waals surface area contributed by atoms with Gasteiger partial charge in [-0.1, -0.05) is 0 Å². The first-order valence-corrected chi connectivity index (χ1v) is 7.18. The van der Waals surface area contributed by atoms with Crippen molar-refractivity contribution in [3.63, 3.8) is 0 Å². The van der Waals surface area contributed by atoms with E-state index in [9.17, 15) is 4.79 Å². The number of hydrogen-bond acceptors (Lipinski definition) is 2. The number of fused-ring (bicyclic) bond motifs is 1. The molecule has 0 spiro atoms. The SMILES string of the molecule is C#CC1C[C@@H]2CC(C)(NC(=O)OC(C)(C)C)C[C@@H]2C1. The van der Waals surface area contributed by atoms with E-state index in [-0.39, 0.29) is 11.6 Å². The molecule has 0 aromatic heterocycles. The van der Waals surface area contributed by atoms with E-state index < -0.39 is 5.60 Å². The molecule has 0 saturated heterocycles. The van der Waals surface area contributed by atoms with Crippen LogP contribution < -0.4 is 5.32 Å². The zero-order chi connectivity index (χ0) is 14.3. The molecular weight excluding hydrogens is 238 g/mol. The van der Waals surface area contributed by atoms with Crippen molar-refractivity contribution in [2.24, 2.45) is 17.8 Å². The molecule has 2 aliphatic rings. The number of nitrogens with one attached hydrogen (secondary N) is 1. The van der Waals surface area contributed by atoms with Crippen LogP contribution in [0.1, 0.15) is 53.4 Å². The topological polar surface area (TPSA) is 38.3 Å². The maximum atomic E-state index is 11.9. The summed E-state index contributed by atoms with van der Waals surface area (Å²) in [5, 5.41) is 3.06. The van der Waals surface area contributed by atoms with E-state index in [4.69, 9.17) is 11.2 Å². The first-order valence-electron chi connectivity index (χ1n) is 7.18. The molecule has 0 heterocycles. The molecule has 3 nitrogen and oxygen atoms in total. The Morgan fingerprint density at radius 1 is 1.32 bits per heavy atom. The summed E-state index contributed by atoms with van der Waals surface area (Å²) < 4.78 is 5.35. The molecule has 2 fully saturated rings. The van der Waals surface area contributed by atoms with Gasteiger partial charge >= 0.3 is 6.09 Å². The summed E-state index contributed by atoms with van der Waals surface area (Å²) in [7, 11) is 0. The van der Waals surface area contributed by atoms with Crippen molar-refractivity contribution in [1.82, 2.24) is 5.32 Å². The largest absolute Gasteiger partial charge is 0.444 e. The second-order valence-electron chi connectivity index (χ2n) is 7.45. The van der Waals surface area contributed by atoms with Gasteiger partial charge in [0.1, 0.15) is 5.60 Å². The number of ether oxygens (including phenoxy) is 1. The lowest BCUT2D eigenvalue weighted by Gasteiger charge is -2.29. The number of terminal acetylenes is 1. The van der Waals surface area contributed by atoms with E-state index in [1.807, 2.05) is 20.8 Å². The number of amides is 1. The zero-order valence-electron chi connectivity index (χ0n) is 12.5. The van der Waals surface area contributed by atoms with E-state index in [1.54, 1.807) is 0 Å². The molecule has 1 amide bonds. The minimum atomic E-state index is -0.441. The highest BCUT2D eigenvalue weighted by Crippen LogP contribution is 2.50. The fourth-order valence-electron chi connectivity index (χ4n) is 3.74. The molecule has 2 saturated carbocycles. The van der Waals surface area contributed by atoms with Gasteiger partial charge in [-0.15, -0.1) is 12.3 Å². The van der Waals surface area contributed by atoms with Gasteiger partial charge in [-0.3, -0.25) is 0 Å². The molecule has 3 heteroatoms. The van der Waals surface area contributed by atoms with Crippen molar-refractivity contribution in [3.8, 4) is 12.3 Å². The van der Waals surface area contributed by atoms with Gasteiger partial charge in [0.2, 0.25) is 0 Å². The maximum absolute atomic E-state index is 11.9. The van der Waals surface area contributed by atoms with E-state index in [0.29, 0.717) is 17.8 Å². The Labute approximate surface area is 116 Å². The van der Waals surface area contributed by atoms with Gasteiger partial charge in [-0.2, -0.15) is 0 Å². The van der Waals surface area contributed by atoms with Gasteiger partial charge in [-0.25, -0.2) is 4.79 Å². The quantitative estimate of drug-likeness (QED) is 0.737. The lowest BCUT2D eigenvalue weighted by Crippen LogP contribution is -2.46. The van der Waals surface area contributed by atoms with Crippen LogP contribution >= 0.6 is 0 Å². The third kappa shape index (κ3) is 3.43. The van der Waals surface area contributed by atoms with E-state index in [1.165, 1.54) is 0 Å². The summed E-state index contributed by atoms with van der Waals surface area (Å²) in [6.07, 6.45) is 9.49. The van der Waals surface area contributed by atoms with Crippen LogP contribution in [-0.4, -0.2) is 17.2 Å². The van der Waals surface area contributed by atoms with Crippen LogP contribution in [0.4, 0.5) is 4.79 Å². The van der Waals surface area contributed by atoms with E-state index in [2.05, 4.69) is 18.2 Å². The molecule has 1 N–H and O–H groups in total. The summed E-state index contributed by atoms with van der Waals surface area (Å²) in [6, 6.07) is 0. The number of rotatable bonds is 1. The summed E-state index contributed by atoms with van der Waals surface area (Å²) >= 11 is 0. The number of alkyl carbamates (subject to hydrolysis) is 1. The van der Waals surface area contributed by atoms with Crippen molar-refractivity contribution in [1.29, 1.82) is 0 Å². The second kappa shape index (κ2) is 4.74. The molecule has 2 unspecified atom stereocenters. The van der Waals surface area contributed by atoms with Crippen LogP contribution in [0.15, 0.2) is 0 Å². The van der Waals surface area contributed by atoms with Gasteiger partial charge in [0.15, 0.2) is 0 Å². The van der Waals surface area contributed by atoms with E-state index in [0.717, 1.165) is 25.7 Å². The molecule has 106 valence electrons. The Hall–Kier alpha value is -1.17. The standard InChI is InChI=1S/C16H25NO2/c1-6-11-7-12-9-16(5,10-13(12)8-11)17-14(18)19-15(2,3)4/h1,11-13H,7-10H2,2-5H3,(H,17,18)/t11?,12-,13+,16?. The van der Waals surface area contributed by atoms with Gasteiger partial charge in [0, 0.05) is 11.5 Å². The monoisotopic (exact) mass is 263 g/mol. The fourth-order valence-corrected chi connectivity index (χ4v) is 3.74. The first-order chi connectivity index (χ1) is 8.71. The smallest absolute Gasteiger partial charge is 0.408 e. The molecule has 19 heavy (non-hydrogen) atoms. The summed E-state index contributed by atoms with van der Waals surface area (Å²) in [4.78, 5) is 11.9. The second-order valence-corrected chi connectivity index (χ2v) is 7.45. The van der Waals surface area contributed by atoms with Gasteiger partial charge in [0.05, 0.1) is 0 Å². The fraction of sp³-hybridized carbons (Fsp3) is 0.812. The highest BCUT2D eigenvalue weighted by atomic mass is 16.6. The Morgan fingerprint density at radius 2 is 1.84 bits per heavy atom. The Morgan fingerprint density at radius 3 is 2.26 bits per heavy atom. The van der Waals surface area contributed by atoms with Crippen molar-refractivity contribution < 1.29 is 9.53 Å². The summed E-state index contributed by atoms with van der Waals surface area (Å²) in [5.74, 6) is 4.66. The number of carbonyl (C=O) groups excluding carboxylic acids is 1. The van der Waals surface area contributed by atoms with Crippen molar-refractivity contribution in [2.75, 3.05) is 0 Å². The number of hydrogen-bond donors (Lipinski definition) is 1. The molecule has 0 radical (unpaired) electrons. The van der Waals surface area contributed by atoms with Gasteiger partial charge < -0.3 is 10.1 Å². The highest BCUT2D eigenvalue weighted by Gasteiger charge is 2.47. The van der Waals surface area contributed by atoms with Gasteiger partial charge in [-0.05, 0) is 65.2 Å². The average molecular weight is 263 g/mol. The molecular formula is C16H25NO2. The van der Waals surface area contributed by atoms with Crippen molar-refractivity contribution in [2.45, 2.75) is 64.5 Å². The normalized spacial score (nSPS) is 37.5. The van der Waals surface area contributed by atoms with Crippen LogP contribution in [-0.2, 0) is 4.74 Å². The Kier molecular flexibility index (Phi) is 3.55.